The molecule has 0 amide bonds. The Bertz CT molecular complexity index is 294. The lowest BCUT2D eigenvalue weighted by Gasteiger charge is -2.31. The lowest BCUT2D eigenvalue weighted by atomic mass is 9.78. The molecule has 1 aliphatic heterocycles. The highest BCUT2D eigenvalue weighted by atomic mass is 32.1. The minimum atomic E-state index is -0.256. The molecule has 0 spiro atoms. The first-order valence-corrected chi connectivity index (χ1v) is 5.48. The fourth-order valence-electron chi connectivity index (χ4n) is 1.74. The summed E-state index contributed by atoms with van der Waals surface area (Å²) in [5.74, 6) is 0. The number of rotatable bonds is 3. The van der Waals surface area contributed by atoms with Crippen molar-refractivity contribution in [3.05, 3.63) is 11.1 Å². The van der Waals surface area contributed by atoms with Gasteiger partial charge in [-0.2, -0.15) is 0 Å². The van der Waals surface area contributed by atoms with Gasteiger partial charge in [0.05, 0.1) is 5.69 Å². The molecule has 2 rings (SSSR count). The third-order valence-corrected chi connectivity index (χ3v) is 3.23. The highest BCUT2D eigenvalue weighted by Crippen LogP contribution is 2.31. The van der Waals surface area contributed by atoms with Crippen molar-refractivity contribution in [3.63, 3.8) is 0 Å². The molecule has 1 saturated heterocycles. The van der Waals surface area contributed by atoms with E-state index in [2.05, 4.69) is 9.59 Å². The van der Waals surface area contributed by atoms with Gasteiger partial charge in [-0.1, -0.05) is 4.49 Å². The minimum absolute atomic E-state index is 0.256. The smallest absolute Gasteiger partial charge is 0.126 e. The highest BCUT2D eigenvalue weighted by Gasteiger charge is 2.33. The van der Waals surface area contributed by atoms with Gasteiger partial charge in [-0.25, -0.2) is 0 Å². The maximum absolute atomic E-state index is 11.1. The number of hydrogen-bond donors (Lipinski definition) is 0. The third kappa shape index (κ3) is 1.99. The monoisotopic (exact) mass is 212 g/mol. The van der Waals surface area contributed by atoms with Crippen molar-refractivity contribution in [1.29, 1.82) is 0 Å². The van der Waals surface area contributed by atoms with Crippen LogP contribution in [0.2, 0.25) is 0 Å². The van der Waals surface area contributed by atoms with Gasteiger partial charge in [-0.3, -0.25) is 0 Å². The normalized spacial score (nSPS) is 20.6. The summed E-state index contributed by atoms with van der Waals surface area (Å²) in [6.45, 7) is 1.35. The first-order valence-electron chi connectivity index (χ1n) is 4.65. The number of nitrogens with zero attached hydrogens (tertiary/aromatic N) is 2. The van der Waals surface area contributed by atoms with Crippen molar-refractivity contribution in [3.8, 4) is 0 Å². The number of aromatic nitrogens is 2. The van der Waals surface area contributed by atoms with Crippen molar-refractivity contribution in [2.75, 3.05) is 13.2 Å². The summed E-state index contributed by atoms with van der Waals surface area (Å²) in [5, 5.41) is 5.88. The second-order valence-electron chi connectivity index (χ2n) is 3.67. The molecule has 0 aliphatic carbocycles. The first kappa shape index (κ1) is 9.73. The van der Waals surface area contributed by atoms with Crippen LogP contribution in [0.1, 0.15) is 18.5 Å². The quantitative estimate of drug-likeness (QED) is 0.703. The van der Waals surface area contributed by atoms with Crippen LogP contribution in [0.4, 0.5) is 0 Å². The lowest BCUT2D eigenvalue weighted by molar-refractivity contribution is -0.121. The van der Waals surface area contributed by atoms with Gasteiger partial charge in [-0.05, 0) is 24.4 Å². The number of hydrogen-bond acceptors (Lipinski definition) is 5. The van der Waals surface area contributed by atoms with Crippen LogP contribution in [-0.4, -0.2) is 29.1 Å². The number of ether oxygens (including phenoxy) is 1. The molecule has 0 radical (unpaired) electrons. The van der Waals surface area contributed by atoms with E-state index in [1.165, 1.54) is 11.5 Å². The molecule has 0 aromatic carbocycles. The zero-order valence-corrected chi connectivity index (χ0v) is 8.63. The fraction of sp³-hybridized carbons (Fsp3) is 0.667. The zero-order valence-electron chi connectivity index (χ0n) is 7.81. The molecule has 2 heterocycles. The van der Waals surface area contributed by atoms with Gasteiger partial charge in [0.25, 0.3) is 0 Å². The van der Waals surface area contributed by atoms with Gasteiger partial charge in [0.2, 0.25) is 0 Å². The third-order valence-electron chi connectivity index (χ3n) is 2.68. The van der Waals surface area contributed by atoms with E-state index in [1.54, 1.807) is 0 Å². The fourth-order valence-corrected chi connectivity index (χ4v) is 2.19. The summed E-state index contributed by atoms with van der Waals surface area (Å²) >= 11 is 1.33. The number of aldehydes is 1. The van der Waals surface area contributed by atoms with Crippen molar-refractivity contribution in [2.45, 2.75) is 19.3 Å². The zero-order chi connectivity index (χ0) is 9.86. The predicted octanol–water partition coefficient (Wildman–Crippen LogP) is 1.08. The Morgan fingerprint density at radius 2 is 2.36 bits per heavy atom. The summed E-state index contributed by atoms with van der Waals surface area (Å²) in [5.41, 5.74) is 0.664. The SMILES string of the molecule is O=CC1(Cc2csnn2)CCOCC1. The molecule has 0 atom stereocenters. The summed E-state index contributed by atoms with van der Waals surface area (Å²) in [6, 6.07) is 0. The number of carbonyl (C=O) groups is 1. The molecular formula is C9H12N2O2S. The van der Waals surface area contributed by atoms with E-state index in [4.69, 9.17) is 4.74 Å². The molecule has 5 heteroatoms. The average molecular weight is 212 g/mol. The summed E-state index contributed by atoms with van der Waals surface area (Å²) in [7, 11) is 0. The lowest BCUT2D eigenvalue weighted by Crippen LogP contribution is -2.33. The van der Waals surface area contributed by atoms with Crippen LogP contribution in [0.25, 0.3) is 0 Å². The van der Waals surface area contributed by atoms with Gasteiger partial charge in [0, 0.05) is 30.4 Å². The molecule has 4 nitrogen and oxygen atoms in total. The molecule has 1 aromatic rings. The maximum Gasteiger partial charge on any atom is 0.126 e. The first-order chi connectivity index (χ1) is 6.85. The topological polar surface area (TPSA) is 52.1 Å². The Morgan fingerprint density at radius 1 is 1.57 bits per heavy atom. The van der Waals surface area contributed by atoms with Gasteiger partial charge in [0.15, 0.2) is 0 Å². The van der Waals surface area contributed by atoms with Crippen LogP contribution in [0.3, 0.4) is 0 Å². The van der Waals surface area contributed by atoms with Crippen LogP contribution in [-0.2, 0) is 16.0 Å². The van der Waals surface area contributed by atoms with Gasteiger partial charge in [0.1, 0.15) is 6.29 Å². The minimum Gasteiger partial charge on any atom is -0.381 e. The molecule has 1 aliphatic rings. The molecule has 0 bridgehead atoms. The Balaban J connectivity index is 2.08. The molecule has 1 aromatic heterocycles. The maximum atomic E-state index is 11.1. The Morgan fingerprint density at radius 3 is 2.93 bits per heavy atom. The van der Waals surface area contributed by atoms with Crippen molar-refractivity contribution < 1.29 is 9.53 Å². The van der Waals surface area contributed by atoms with Crippen LogP contribution >= 0.6 is 11.5 Å². The standard InChI is InChI=1S/C9H12N2O2S/c12-7-9(1-3-13-4-2-9)5-8-6-14-11-10-8/h6-7H,1-5H2. The van der Waals surface area contributed by atoms with E-state index >= 15 is 0 Å². The van der Waals surface area contributed by atoms with E-state index in [0.717, 1.165) is 24.8 Å². The van der Waals surface area contributed by atoms with Crippen molar-refractivity contribution in [2.24, 2.45) is 5.41 Å². The van der Waals surface area contributed by atoms with Crippen LogP contribution in [0.5, 0.6) is 0 Å². The second kappa shape index (κ2) is 4.14. The Labute approximate surface area is 86.4 Å². The molecule has 0 N–H and O–H groups in total. The molecule has 0 unspecified atom stereocenters. The Kier molecular flexibility index (Phi) is 2.88. The summed E-state index contributed by atoms with van der Waals surface area (Å²) in [6.07, 6.45) is 3.37. The molecule has 0 saturated carbocycles. The van der Waals surface area contributed by atoms with Crippen LogP contribution in [0, 0.1) is 5.41 Å². The summed E-state index contributed by atoms with van der Waals surface area (Å²) < 4.78 is 9.05. The van der Waals surface area contributed by atoms with E-state index < -0.39 is 0 Å². The van der Waals surface area contributed by atoms with E-state index in [1.807, 2.05) is 5.38 Å². The molecule has 76 valence electrons. The number of carbonyl (C=O) groups excluding carboxylic acids is 1. The highest BCUT2D eigenvalue weighted by molar-refractivity contribution is 7.03. The van der Waals surface area contributed by atoms with Crippen molar-refractivity contribution in [1.82, 2.24) is 9.59 Å². The van der Waals surface area contributed by atoms with E-state index in [-0.39, 0.29) is 5.41 Å². The molecule has 1 fully saturated rings. The van der Waals surface area contributed by atoms with E-state index in [0.29, 0.717) is 19.6 Å². The van der Waals surface area contributed by atoms with Crippen molar-refractivity contribution >= 4 is 17.8 Å². The molecular weight excluding hydrogens is 200 g/mol. The Hall–Kier alpha value is -0.810. The van der Waals surface area contributed by atoms with Gasteiger partial charge >= 0.3 is 0 Å². The van der Waals surface area contributed by atoms with Gasteiger partial charge in [-0.15, -0.1) is 5.10 Å². The van der Waals surface area contributed by atoms with Gasteiger partial charge < -0.3 is 9.53 Å². The largest absolute Gasteiger partial charge is 0.381 e. The average Bonchev–Trinajstić information content (AvgIpc) is 2.72. The van der Waals surface area contributed by atoms with Crippen LogP contribution < -0.4 is 0 Å². The van der Waals surface area contributed by atoms with Crippen LogP contribution in [0.15, 0.2) is 5.38 Å². The summed E-state index contributed by atoms with van der Waals surface area (Å²) in [4.78, 5) is 11.1. The molecule has 14 heavy (non-hydrogen) atoms. The predicted molar refractivity (Wildman–Crippen MR) is 52.2 cm³/mol. The second-order valence-corrected chi connectivity index (χ2v) is 4.28. The van der Waals surface area contributed by atoms with E-state index in [9.17, 15) is 4.79 Å².